The first-order chi connectivity index (χ1) is 19.1. The molecule has 1 fully saturated rings. The number of fused-ring (bicyclic) bond motifs is 1. The number of hydrogen-bond acceptors (Lipinski definition) is 5. The highest BCUT2D eigenvalue weighted by molar-refractivity contribution is 5.96. The van der Waals surface area contributed by atoms with Gasteiger partial charge in [-0.05, 0) is 49.6 Å². The molecule has 1 atom stereocenters. The Bertz CT molecular complexity index is 1560. The molecule has 0 spiro atoms. The molecule has 1 aliphatic carbocycles. The molecule has 1 aliphatic rings. The zero-order chi connectivity index (χ0) is 28.6. The molecular weight excluding hydrogens is 526 g/mol. The summed E-state index contributed by atoms with van der Waals surface area (Å²) < 4.78 is 60.0. The molecule has 7 nitrogen and oxygen atoms in total. The Morgan fingerprint density at radius 2 is 1.98 bits per heavy atom. The number of imidazole rings is 1. The molecule has 4 aromatic rings. The van der Waals surface area contributed by atoms with Crippen molar-refractivity contribution in [2.45, 2.75) is 51.2 Å². The fraction of sp³-hybridized carbons (Fsp3) is 0.345. The van der Waals surface area contributed by atoms with Crippen molar-refractivity contribution in [1.82, 2.24) is 19.9 Å². The van der Waals surface area contributed by atoms with Gasteiger partial charge in [0.25, 0.3) is 5.91 Å². The number of ether oxygens (including phenoxy) is 1. The highest BCUT2D eigenvalue weighted by Crippen LogP contribution is 2.35. The lowest BCUT2D eigenvalue weighted by Crippen LogP contribution is -2.26. The highest BCUT2D eigenvalue weighted by atomic mass is 19.4. The van der Waals surface area contributed by atoms with E-state index in [4.69, 9.17) is 9.84 Å². The predicted molar refractivity (Wildman–Crippen MR) is 143 cm³/mol. The first kappa shape index (κ1) is 27.4. The fourth-order valence-electron chi connectivity index (χ4n) is 4.67. The maximum atomic E-state index is 14.5. The molecule has 0 saturated heterocycles. The standard InChI is InChI=1S/C29H29F4N5O2/c1-16-13-18(7-10-20(16)28(39)36-19-8-9-19)25-15-35-27-24(34-12-11-29(31,32)33)14-23(37-38(25)27)17(2)21-5-4-6-22(30)26(21)40-3/h4-7,10,13-15,17,19,34H,8-9,11-12H2,1-3H3,(H,36,39). The summed E-state index contributed by atoms with van der Waals surface area (Å²) in [5.74, 6) is -1.05. The molecule has 0 bridgehead atoms. The van der Waals surface area contributed by atoms with Crippen LogP contribution in [0, 0.1) is 12.7 Å². The zero-order valence-electron chi connectivity index (χ0n) is 22.3. The molecule has 1 saturated carbocycles. The van der Waals surface area contributed by atoms with Crippen LogP contribution in [-0.2, 0) is 0 Å². The van der Waals surface area contributed by atoms with Crippen LogP contribution in [0.1, 0.15) is 59.3 Å². The van der Waals surface area contributed by atoms with E-state index >= 15 is 0 Å². The summed E-state index contributed by atoms with van der Waals surface area (Å²) in [6.45, 7) is 3.31. The van der Waals surface area contributed by atoms with Crippen molar-refractivity contribution in [3.63, 3.8) is 0 Å². The SMILES string of the molecule is COc1c(F)cccc1C(C)c1cc(NCCC(F)(F)F)c2ncc(-c3ccc(C(=O)NC4CC4)c(C)c3)n2n1. The Balaban J connectivity index is 1.57. The number of benzene rings is 2. The van der Waals surface area contributed by atoms with Crippen LogP contribution in [0.25, 0.3) is 16.9 Å². The van der Waals surface area contributed by atoms with Crippen molar-refractivity contribution in [1.29, 1.82) is 0 Å². The summed E-state index contributed by atoms with van der Waals surface area (Å²) in [5.41, 5.74) is 4.37. The van der Waals surface area contributed by atoms with Gasteiger partial charge in [-0.2, -0.15) is 18.3 Å². The number of hydrogen-bond donors (Lipinski definition) is 2. The predicted octanol–water partition coefficient (Wildman–Crippen LogP) is 6.26. The highest BCUT2D eigenvalue weighted by Gasteiger charge is 2.27. The van der Waals surface area contributed by atoms with Crippen molar-refractivity contribution >= 4 is 17.2 Å². The van der Waals surface area contributed by atoms with Gasteiger partial charge in [-0.15, -0.1) is 0 Å². The lowest BCUT2D eigenvalue weighted by atomic mass is 9.96. The summed E-state index contributed by atoms with van der Waals surface area (Å²) >= 11 is 0. The van der Waals surface area contributed by atoms with Gasteiger partial charge >= 0.3 is 6.18 Å². The summed E-state index contributed by atoms with van der Waals surface area (Å²) in [6.07, 6.45) is -1.79. The Morgan fingerprint density at radius 3 is 2.65 bits per heavy atom. The van der Waals surface area contributed by atoms with E-state index in [9.17, 15) is 22.4 Å². The minimum atomic E-state index is -4.33. The van der Waals surface area contributed by atoms with Crippen molar-refractivity contribution in [3.05, 3.63) is 76.9 Å². The number of carbonyl (C=O) groups excluding carboxylic acids is 1. The Hall–Kier alpha value is -4.15. The van der Waals surface area contributed by atoms with Crippen LogP contribution >= 0.6 is 0 Å². The van der Waals surface area contributed by atoms with Crippen LogP contribution in [0.4, 0.5) is 23.2 Å². The third kappa shape index (κ3) is 5.73. The summed E-state index contributed by atoms with van der Waals surface area (Å²) in [4.78, 5) is 17.1. The molecule has 1 amide bonds. The van der Waals surface area contributed by atoms with Gasteiger partial charge in [-0.3, -0.25) is 4.79 Å². The van der Waals surface area contributed by atoms with Crippen LogP contribution in [0.2, 0.25) is 0 Å². The number of amides is 1. The lowest BCUT2D eigenvalue weighted by Gasteiger charge is -2.18. The number of nitrogens with one attached hydrogen (secondary N) is 2. The second kappa shape index (κ2) is 10.8. The monoisotopic (exact) mass is 555 g/mol. The second-order valence-electron chi connectivity index (χ2n) is 10.0. The van der Waals surface area contributed by atoms with Gasteiger partial charge < -0.3 is 15.4 Å². The molecule has 0 aliphatic heterocycles. The van der Waals surface area contributed by atoms with Crippen LogP contribution in [0.15, 0.2) is 48.7 Å². The van der Waals surface area contributed by atoms with Gasteiger partial charge in [0.05, 0.1) is 36.8 Å². The number of anilines is 1. The summed E-state index contributed by atoms with van der Waals surface area (Å²) in [6, 6.07) is 11.8. The molecule has 0 radical (unpaired) electrons. The number of alkyl halides is 3. The molecule has 2 aromatic carbocycles. The maximum Gasteiger partial charge on any atom is 0.390 e. The third-order valence-corrected chi connectivity index (χ3v) is 7.00. The van der Waals surface area contributed by atoms with E-state index in [1.807, 2.05) is 19.9 Å². The summed E-state index contributed by atoms with van der Waals surface area (Å²) in [5, 5.41) is 10.6. The molecule has 11 heteroatoms. The number of aryl methyl sites for hydroxylation is 1. The topological polar surface area (TPSA) is 80.5 Å². The Labute approximate surface area is 228 Å². The van der Waals surface area contributed by atoms with Crippen LogP contribution < -0.4 is 15.4 Å². The molecule has 1 unspecified atom stereocenters. The van der Waals surface area contributed by atoms with Gasteiger partial charge in [-0.1, -0.05) is 25.1 Å². The van der Waals surface area contributed by atoms with E-state index in [1.54, 1.807) is 41.0 Å². The third-order valence-electron chi connectivity index (χ3n) is 7.00. The normalized spacial score (nSPS) is 14.3. The minimum absolute atomic E-state index is 0.0741. The number of para-hydroxylation sites is 1. The van der Waals surface area contributed by atoms with Gasteiger partial charge in [0, 0.05) is 35.2 Å². The van der Waals surface area contributed by atoms with E-state index in [0.717, 1.165) is 24.0 Å². The van der Waals surface area contributed by atoms with Gasteiger partial charge in [-0.25, -0.2) is 13.9 Å². The van der Waals surface area contributed by atoms with Crippen molar-refractivity contribution in [2.24, 2.45) is 0 Å². The number of aromatic nitrogens is 3. The number of methoxy groups -OCH3 is 1. The molecule has 5 rings (SSSR count). The largest absolute Gasteiger partial charge is 0.493 e. The first-order valence-electron chi connectivity index (χ1n) is 13.0. The van der Waals surface area contributed by atoms with Crippen molar-refractivity contribution in [2.75, 3.05) is 19.0 Å². The summed E-state index contributed by atoms with van der Waals surface area (Å²) in [7, 11) is 1.38. The van der Waals surface area contributed by atoms with E-state index in [1.165, 1.54) is 13.2 Å². The van der Waals surface area contributed by atoms with Gasteiger partial charge in [0.15, 0.2) is 17.2 Å². The van der Waals surface area contributed by atoms with Crippen molar-refractivity contribution in [3.8, 4) is 17.0 Å². The van der Waals surface area contributed by atoms with E-state index in [-0.39, 0.29) is 24.2 Å². The molecule has 40 heavy (non-hydrogen) atoms. The van der Waals surface area contributed by atoms with Crippen molar-refractivity contribution < 1.29 is 27.1 Å². The molecular formula is C29H29F4N5O2. The Kier molecular flexibility index (Phi) is 7.39. The number of nitrogens with zero attached hydrogens (tertiary/aromatic N) is 3. The van der Waals surface area contributed by atoms with Crippen LogP contribution in [0.3, 0.4) is 0 Å². The number of halogens is 4. The molecule has 2 heterocycles. The van der Waals surface area contributed by atoms with Gasteiger partial charge in [0.2, 0.25) is 0 Å². The maximum absolute atomic E-state index is 14.5. The lowest BCUT2D eigenvalue weighted by molar-refractivity contribution is -0.131. The first-order valence-corrected chi connectivity index (χ1v) is 13.0. The van der Waals surface area contributed by atoms with E-state index in [0.29, 0.717) is 33.8 Å². The average Bonchev–Trinajstić information content (AvgIpc) is 3.61. The number of carbonyl (C=O) groups is 1. The molecule has 2 N–H and O–H groups in total. The molecule has 2 aromatic heterocycles. The van der Waals surface area contributed by atoms with E-state index < -0.39 is 24.3 Å². The van der Waals surface area contributed by atoms with Gasteiger partial charge in [0.1, 0.15) is 0 Å². The average molecular weight is 556 g/mol. The zero-order valence-corrected chi connectivity index (χ0v) is 22.3. The smallest absolute Gasteiger partial charge is 0.390 e. The minimum Gasteiger partial charge on any atom is -0.493 e. The van der Waals surface area contributed by atoms with E-state index in [2.05, 4.69) is 15.6 Å². The van der Waals surface area contributed by atoms with Crippen LogP contribution in [0.5, 0.6) is 5.75 Å². The second-order valence-corrected chi connectivity index (χ2v) is 10.0. The quantitative estimate of drug-likeness (QED) is 0.238. The van der Waals surface area contributed by atoms with Crippen LogP contribution in [-0.4, -0.2) is 46.4 Å². The Morgan fingerprint density at radius 1 is 1.20 bits per heavy atom. The number of rotatable bonds is 9. The molecule has 210 valence electrons. The fourth-order valence-corrected chi connectivity index (χ4v) is 4.67.